The molecule has 24 heavy (non-hydrogen) atoms. The number of aromatic amines is 1. The molecule has 0 radical (unpaired) electrons. The lowest BCUT2D eigenvalue weighted by Gasteiger charge is -2.05. The Kier molecular flexibility index (Phi) is 4.66. The number of H-pyrrole nitrogens is 1. The summed E-state index contributed by atoms with van der Waals surface area (Å²) < 4.78 is 0. The number of hydrogen-bond acceptors (Lipinski definition) is 6. The van der Waals surface area contributed by atoms with E-state index in [4.69, 9.17) is 11.6 Å². The summed E-state index contributed by atoms with van der Waals surface area (Å²) >= 11 is 5.97. The average molecular weight is 345 g/mol. The van der Waals surface area contributed by atoms with Crippen molar-refractivity contribution in [2.45, 2.75) is 6.42 Å². The summed E-state index contributed by atoms with van der Waals surface area (Å²) in [7, 11) is 0. The molecule has 3 aromatic rings. The average Bonchev–Trinajstić information content (AvgIpc) is 3.06. The monoisotopic (exact) mass is 344 g/mol. The van der Waals surface area contributed by atoms with E-state index in [1.165, 1.54) is 6.07 Å². The van der Waals surface area contributed by atoms with Crippen LogP contribution in [0.5, 0.6) is 0 Å². The van der Waals surface area contributed by atoms with Crippen molar-refractivity contribution in [3.05, 3.63) is 63.6 Å². The van der Waals surface area contributed by atoms with Crippen LogP contribution < -0.4 is 5.32 Å². The van der Waals surface area contributed by atoms with Gasteiger partial charge in [0.25, 0.3) is 5.69 Å². The number of nitrogens with zero attached hydrogens (tertiary/aromatic N) is 4. The Morgan fingerprint density at radius 3 is 2.79 bits per heavy atom. The first-order valence-electron chi connectivity index (χ1n) is 7.14. The van der Waals surface area contributed by atoms with Gasteiger partial charge in [-0.25, -0.2) is 9.97 Å². The topological polar surface area (TPSA) is 110 Å². The molecule has 0 atom stereocenters. The molecule has 1 aromatic carbocycles. The maximum Gasteiger partial charge on any atom is 0.289 e. The molecule has 3 rings (SSSR count). The van der Waals surface area contributed by atoms with Crippen molar-refractivity contribution in [1.82, 2.24) is 20.2 Å². The highest BCUT2D eigenvalue weighted by Gasteiger charge is 2.11. The third-order valence-electron chi connectivity index (χ3n) is 3.26. The molecule has 0 aliphatic carbocycles. The minimum absolute atomic E-state index is 0.145. The Morgan fingerprint density at radius 1 is 1.29 bits per heavy atom. The van der Waals surface area contributed by atoms with Gasteiger partial charge in [0.1, 0.15) is 17.8 Å². The van der Waals surface area contributed by atoms with Gasteiger partial charge < -0.3 is 5.32 Å². The van der Waals surface area contributed by atoms with E-state index in [9.17, 15) is 10.1 Å². The van der Waals surface area contributed by atoms with E-state index >= 15 is 0 Å². The zero-order chi connectivity index (χ0) is 16.9. The molecule has 0 amide bonds. The number of nitro groups is 1. The Balaban J connectivity index is 1.59. The lowest BCUT2D eigenvalue weighted by molar-refractivity contribution is -0.385. The maximum atomic E-state index is 10.6. The van der Waals surface area contributed by atoms with Crippen molar-refractivity contribution in [2.75, 3.05) is 11.9 Å². The number of hydrogen-bond donors (Lipinski definition) is 2. The summed E-state index contributed by atoms with van der Waals surface area (Å²) in [6, 6.07) is 10.9. The third-order valence-corrected chi connectivity index (χ3v) is 3.54. The summed E-state index contributed by atoms with van der Waals surface area (Å²) in [4.78, 5) is 18.5. The zero-order valence-electron chi connectivity index (χ0n) is 12.4. The minimum atomic E-state index is -0.539. The molecule has 0 fully saturated rings. The van der Waals surface area contributed by atoms with E-state index in [0.29, 0.717) is 24.6 Å². The van der Waals surface area contributed by atoms with Crippen molar-refractivity contribution in [2.24, 2.45) is 0 Å². The normalized spacial score (nSPS) is 10.5. The number of pyridine rings is 1. The lowest BCUT2D eigenvalue weighted by atomic mass is 10.2. The quantitative estimate of drug-likeness (QED) is 0.525. The maximum absolute atomic E-state index is 10.6. The second kappa shape index (κ2) is 7.05. The summed E-state index contributed by atoms with van der Waals surface area (Å²) in [6.45, 7) is 0.508. The summed E-state index contributed by atoms with van der Waals surface area (Å²) in [6.07, 6.45) is 1.74. The molecule has 122 valence electrons. The van der Waals surface area contributed by atoms with Crippen LogP contribution in [0.3, 0.4) is 0 Å². The van der Waals surface area contributed by atoms with Crippen molar-refractivity contribution < 1.29 is 4.92 Å². The number of halogens is 1. The molecule has 2 heterocycles. The highest BCUT2D eigenvalue weighted by atomic mass is 35.5. The fourth-order valence-corrected chi connectivity index (χ4v) is 2.31. The summed E-state index contributed by atoms with van der Waals surface area (Å²) in [5.74, 6) is 1.75. The molecular formula is C15H13ClN6O2. The van der Waals surface area contributed by atoms with Crippen LogP contribution in [-0.4, -0.2) is 31.6 Å². The van der Waals surface area contributed by atoms with Gasteiger partial charge in [-0.05, 0) is 0 Å². The van der Waals surface area contributed by atoms with Gasteiger partial charge in [-0.15, -0.1) is 0 Å². The fraction of sp³-hybridized carbons (Fsp3) is 0.133. The molecule has 0 saturated heterocycles. The fourth-order valence-electron chi connectivity index (χ4n) is 2.08. The third kappa shape index (κ3) is 3.66. The lowest BCUT2D eigenvalue weighted by Crippen LogP contribution is -2.08. The molecule has 0 bridgehead atoms. The molecular weight excluding hydrogens is 332 g/mol. The van der Waals surface area contributed by atoms with E-state index in [1.807, 2.05) is 30.3 Å². The summed E-state index contributed by atoms with van der Waals surface area (Å²) in [5, 5.41) is 20.9. The SMILES string of the molecule is O=[N+]([O-])c1cnc(NCCc2nc(-c3ccccc3)n[nH]2)c(Cl)c1. The largest absolute Gasteiger partial charge is 0.368 e. The van der Waals surface area contributed by atoms with Gasteiger partial charge in [0.15, 0.2) is 5.82 Å². The van der Waals surface area contributed by atoms with Gasteiger partial charge in [-0.3, -0.25) is 15.2 Å². The van der Waals surface area contributed by atoms with Gasteiger partial charge in [-0.1, -0.05) is 41.9 Å². The Labute approximate surface area is 142 Å². The molecule has 0 aliphatic rings. The van der Waals surface area contributed by atoms with Crippen LogP contribution in [0, 0.1) is 10.1 Å². The van der Waals surface area contributed by atoms with Crippen LogP contribution >= 0.6 is 11.6 Å². The van der Waals surface area contributed by atoms with Crippen LogP contribution in [0.4, 0.5) is 11.5 Å². The Morgan fingerprint density at radius 2 is 2.08 bits per heavy atom. The Hall–Kier alpha value is -3.00. The molecule has 2 aromatic heterocycles. The minimum Gasteiger partial charge on any atom is -0.368 e. The molecule has 2 N–H and O–H groups in total. The number of nitrogens with one attached hydrogen (secondary N) is 2. The van der Waals surface area contributed by atoms with Gasteiger partial charge >= 0.3 is 0 Å². The van der Waals surface area contributed by atoms with Crippen LogP contribution in [0.2, 0.25) is 5.02 Å². The summed E-state index contributed by atoms with van der Waals surface area (Å²) in [5.41, 5.74) is 0.793. The van der Waals surface area contributed by atoms with E-state index in [0.717, 1.165) is 17.6 Å². The van der Waals surface area contributed by atoms with Gasteiger partial charge in [0.05, 0.1) is 9.95 Å². The number of anilines is 1. The van der Waals surface area contributed by atoms with Crippen LogP contribution in [-0.2, 0) is 6.42 Å². The van der Waals surface area contributed by atoms with E-state index in [1.54, 1.807) is 0 Å². The smallest absolute Gasteiger partial charge is 0.289 e. The molecule has 0 saturated carbocycles. The van der Waals surface area contributed by atoms with Gasteiger partial charge in [-0.2, -0.15) is 5.10 Å². The van der Waals surface area contributed by atoms with Crippen molar-refractivity contribution in [1.29, 1.82) is 0 Å². The second-order valence-electron chi connectivity index (χ2n) is 4.93. The number of benzene rings is 1. The van der Waals surface area contributed by atoms with Crippen LogP contribution in [0.25, 0.3) is 11.4 Å². The Bertz CT molecular complexity index is 852. The van der Waals surface area contributed by atoms with Crippen LogP contribution in [0.1, 0.15) is 5.82 Å². The van der Waals surface area contributed by atoms with Crippen LogP contribution in [0.15, 0.2) is 42.6 Å². The first-order chi connectivity index (χ1) is 11.6. The predicted molar refractivity (Wildman–Crippen MR) is 89.9 cm³/mol. The molecule has 8 nitrogen and oxygen atoms in total. The molecule has 0 aliphatic heterocycles. The van der Waals surface area contributed by atoms with Crippen molar-refractivity contribution in [3.63, 3.8) is 0 Å². The van der Waals surface area contributed by atoms with E-state index < -0.39 is 4.92 Å². The first-order valence-corrected chi connectivity index (χ1v) is 7.52. The predicted octanol–water partition coefficient (Wildman–Crippen LogP) is 3.08. The van der Waals surface area contributed by atoms with E-state index in [-0.39, 0.29) is 10.7 Å². The molecule has 0 spiro atoms. The van der Waals surface area contributed by atoms with E-state index in [2.05, 4.69) is 25.5 Å². The second-order valence-corrected chi connectivity index (χ2v) is 5.34. The highest BCUT2D eigenvalue weighted by Crippen LogP contribution is 2.23. The first kappa shape index (κ1) is 15.9. The molecule has 9 heteroatoms. The van der Waals surface area contributed by atoms with Gasteiger partial charge in [0, 0.05) is 24.6 Å². The van der Waals surface area contributed by atoms with Crippen molar-refractivity contribution in [3.8, 4) is 11.4 Å². The van der Waals surface area contributed by atoms with Gasteiger partial charge in [0.2, 0.25) is 0 Å². The number of rotatable bonds is 6. The highest BCUT2D eigenvalue weighted by molar-refractivity contribution is 6.33. The molecule has 0 unspecified atom stereocenters. The number of aromatic nitrogens is 4. The standard InChI is InChI=1S/C15H13ClN6O2/c16-12-8-11(22(23)24)9-18-15(12)17-7-6-13-19-14(21-20-13)10-4-2-1-3-5-10/h1-5,8-9H,6-7H2,(H,17,18)(H,19,20,21). The zero-order valence-corrected chi connectivity index (χ0v) is 13.2. The van der Waals surface area contributed by atoms with Crippen molar-refractivity contribution >= 4 is 23.1 Å².